The molecule has 0 aliphatic carbocycles. The number of hydrogen-bond donors (Lipinski definition) is 2. The van der Waals surface area contributed by atoms with Gasteiger partial charge in [0.25, 0.3) is 0 Å². The minimum Gasteiger partial charge on any atom is -0.346 e. The topological polar surface area (TPSA) is 78.1 Å². The van der Waals surface area contributed by atoms with E-state index in [2.05, 4.69) is 15.3 Å². The van der Waals surface area contributed by atoms with Gasteiger partial charge in [-0.2, -0.15) is 0 Å². The Bertz CT molecular complexity index is 1050. The molecule has 7 heteroatoms. The number of carbonyl (C=O) groups excluding carboxylic acids is 2. The number of aromatic nitrogens is 2. The van der Waals surface area contributed by atoms with Crippen molar-refractivity contribution in [3.63, 3.8) is 0 Å². The van der Waals surface area contributed by atoms with Crippen molar-refractivity contribution in [2.24, 2.45) is 5.92 Å². The molecule has 4 rings (SSSR count). The van der Waals surface area contributed by atoms with Gasteiger partial charge in [-0.3, -0.25) is 9.59 Å². The van der Waals surface area contributed by atoms with Crippen LogP contribution in [0.4, 0.5) is 5.69 Å². The third-order valence-electron chi connectivity index (χ3n) is 5.61. The number of H-pyrrole nitrogens is 1. The molecule has 1 fully saturated rings. The normalized spacial score (nSPS) is 17.0. The predicted octanol–water partition coefficient (Wildman–Crippen LogP) is 4.42. The zero-order chi connectivity index (χ0) is 21.8. The van der Waals surface area contributed by atoms with Gasteiger partial charge in [-0.25, -0.2) is 4.98 Å². The van der Waals surface area contributed by atoms with Crippen LogP contribution in [-0.4, -0.2) is 34.6 Å². The van der Waals surface area contributed by atoms with Gasteiger partial charge in [0.15, 0.2) is 0 Å². The second-order valence-electron chi connectivity index (χ2n) is 7.62. The molecule has 160 valence electrons. The number of hydrogen-bond acceptors (Lipinski definition) is 4. The summed E-state index contributed by atoms with van der Waals surface area (Å²) < 4.78 is 0. The van der Waals surface area contributed by atoms with Crippen LogP contribution in [0.5, 0.6) is 0 Å². The number of rotatable bonds is 7. The lowest BCUT2D eigenvalue weighted by Gasteiger charge is -2.19. The number of aromatic amines is 1. The zero-order valence-corrected chi connectivity index (χ0v) is 18.5. The van der Waals surface area contributed by atoms with Crippen LogP contribution in [0.15, 0.2) is 65.7 Å². The minimum absolute atomic E-state index is 0.0190. The maximum absolute atomic E-state index is 13.0. The van der Waals surface area contributed by atoms with E-state index in [0.29, 0.717) is 13.0 Å². The van der Waals surface area contributed by atoms with Crippen molar-refractivity contribution in [3.05, 3.63) is 66.6 Å². The fourth-order valence-corrected chi connectivity index (χ4v) is 4.23. The van der Waals surface area contributed by atoms with Crippen molar-refractivity contribution in [2.45, 2.75) is 30.7 Å². The monoisotopic (exact) mass is 434 g/mol. The van der Waals surface area contributed by atoms with E-state index in [4.69, 9.17) is 0 Å². The number of imidazole rings is 1. The third kappa shape index (κ3) is 4.66. The molecule has 31 heavy (non-hydrogen) atoms. The average molecular weight is 435 g/mol. The molecular formula is C24H26N4O2S. The summed E-state index contributed by atoms with van der Waals surface area (Å²) in [4.78, 5) is 36.2. The molecule has 2 amide bonds. The number of nitrogens with one attached hydrogen (secondary N) is 2. The Balaban J connectivity index is 1.42. The second-order valence-corrected chi connectivity index (χ2v) is 8.50. The van der Waals surface area contributed by atoms with Gasteiger partial charge in [-0.15, -0.1) is 11.8 Å². The Morgan fingerprint density at radius 1 is 1.23 bits per heavy atom. The summed E-state index contributed by atoms with van der Waals surface area (Å²) in [7, 11) is 0. The van der Waals surface area contributed by atoms with Gasteiger partial charge in [0.2, 0.25) is 11.8 Å². The lowest BCUT2D eigenvalue weighted by atomic mass is 10.1. The maximum Gasteiger partial charge on any atom is 0.227 e. The molecule has 1 aliphatic rings. The lowest BCUT2D eigenvalue weighted by molar-refractivity contribution is -0.127. The number of thioether (sulfide) groups is 1. The molecule has 0 spiro atoms. The van der Waals surface area contributed by atoms with Crippen LogP contribution in [-0.2, 0) is 9.59 Å². The molecule has 2 heterocycles. The first-order valence-corrected chi connectivity index (χ1v) is 11.7. The molecule has 1 saturated heterocycles. The molecule has 2 N–H and O–H groups in total. The Kier molecular flexibility index (Phi) is 6.42. The molecule has 0 radical (unpaired) electrons. The number of anilines is 1. The van der Waals surface area contributed by atoms with E-state index in [1.165, 1.54) is 0 Å². The van der Waals surface area contributed by atoms with Gasteiger partial charge in [-0.05, 0) is 42.5 Å². The summed E-state index contributed by atoms with van der Waals surface area (Å²) in [5.41, 5.74) is 2.80. The van der Waals surface area contributed by atoms with Crippen molar-refractivity contribution in [1.29, 1.82) is 0 Å². The maximum atomic E-state index is 13.0. The Morgan fingerprint density at radius 2 is 1.97 bits per heavy atom. The van der Waals surface area contributed by atoms with Crippen LogP contribution in [0.2, 0.25) is 0 Å². The van der Waals surface area contributed by atoms with Gasteiger partial charge in [0.1, 0.15) is 5.82 Å². The van der Waals surface area contributed by atoms with E-state index in [1.54, 1.807) is 22.9 Å². The summed E-state index contributed by atoms with van der Waals surface area (Å²) in [6, 6.07) is 17.6. The number of amides is 2. The molecule has 2 unspecified atom stereocenters. The highest BCUT2D eigenvalue weighted by molar-refractivity contribution is 7.98. The van der Waals surface area contributed by atoms with Crippen LogP contribution in [0, 0.1) is 5.92 Å². The number of benzene rings is 2. The zero-order valence-electron chi connectivity index (χ0n) is 17.7. The molecule has 2 atom stereocenters. The van der Waals surface area contributed by atoms with Gasteiger partial charge in [0, 0.05) is 23.5 Å². The second kappa shape index (κ2) is 9.39. The van der Waals surface area contributed by atoms with Crippen molar-refractivity contribution in [3.8, 4) is 11.3 Å². The number of carbonyl (C=O) groups is 2. The largest absolute Gasteiger partial charge is 0.346 e. The average Bonchev–Trinajstić information content (AvgIpc) is 3.45. The molecule has 1 aromatic heterocycles. The van der Waals surface area contributed by atoms with E-state index >= 15 is 0 Å². The first kappa shape index (κ1) is 21.2. The summed E-state index contributed by atoms with van der Waals surface area (Å²) >= 11 is 1.66. The van der Waals surface area contributed by atoms with Gasteiger partial charge < -0.3 is 15.2 Å². The highest BCUT2D eigenvalue weighted by atomic mass is 32.2. The standard InChI is InChI=1S/C24H26N4O2S/c1-3-20(23-25-14-21(26-23)16-7-5-4-6-8-16)27-24(30)17-13-22(29)28(15-17)18-9-11-19(31-2)12-10-18/h4-12,14,17,20H,3,13,15H2,1-2H3,(H,25,26)(H,27,30). The summed E-state index contributed by atoms with van der Waals surface area (Å²) in [6.45, 7) is 2.40. The van der Waals surface area contributed by atoms with Crippen molar-refractivity contribution < 1.29 is 9.59 Å². The van der Waals surface area contributed by atoms with E-state index in [-0.39, 0.29) is 30.2 Å². The smallest absolute Gasteiger partial charge is 0.227 e. The van der Waals surface area contributed by atoms with Gasteiger partial charge in [-0.1, -0.05) is 37.3 Å². The van der Waals surface area contributed by atoms with Gasteiger partial charge >= 0.3 is 0 Å². The summed E-state index contributed by atoms with van der Waals surface area (Å²) in [5.74, 6) is 0.226. The Hall–Kier alpha value is -3.06. The van der Waals surface area contributed by atoms with Crippen molar-refractivity contribution in [2.75, 3.05) is 17.7 Å². The van der Waals surface area contributed by atoms with Crippen LogP contribution in [0.1, 0.15) is 31.6 Å². The molecule has 0 bridgehead atoms. The minimum atomic E-state index is -0.370. The Labute approximate surface area is 186 Å². The highest BCUT2D eigenvalue weighted by Gasteiger charge is 2.36. The SMILES string of the molecule is CCC(NC(=O)C1CC(=O)N(c2ccc(SC)cc2)C1)c1ncc(-c2ccccc2)[nH]1. The summed E-state index contributed by atoms with van der Waals surface area (Å²) in [5, 5.41) is 3.09. The van der Waals surface area contributed by atoms with Crippen LogP contribution in [0.25, 0.3) is 11.3 Å². The Morgan fingerprint density at radius 3 is 2.65 bits per heavy atom. The first-order chi connectivity index (χ1) is 15.1. The molecule has 1 aliphatic heterocycles. The van der Waals surface area contributed by atoms with E-state index in [0.717, 1.165) is 27.7 Å². The first-order valence-electron chi connectivity index (χ1n) is 10.4. The molecule has 0 saturated carbocycles. The summed E-state index contributed by atoms with van der Waals surface area (Å²) in [6.07, 6.45) is 4.73. The van der Waals surface area contributed by atoms with Crippen LogP contribution in [0.3, 0.4) is 0 Å². The van der Waals surface area contributed by atoms with Crippen LogP contribution < -0.4 is 10.2 Å². The molecular weight excluding hydrogens is 408 g/mol. The third-order valence-corrected chi connectivity index (χ3v) is 6.36. The lowest BCUT2D eigenvalue weighted by Crippen LogP contribution is -2.35. The highest BCUT2D eigenvalue weighted by Crippen LogP contribution is 2.28. The molecule has 3 aromatic rings. The quantitative estimate of drug-likeness (QED) is 0.540. The molecule has 2 aromatic carbocycles. The fraction of sp³-hybridized carbons (Fsp3) is 0.292. The fourth-order valence-electron chi connectivity index (χ4n) is 3.83. The molecule has 6 nitrogen and oxygen atoms in total. The predicted molar refractivity (Wildman–Crippen MR) is 124 cm³/mol. The van der Waals surface area contributed by atoms with Crippen molar-refractivity contribution >= 4 is 29.3 Å². The van der Waals surface area contributed by atoms with Crippen molar-refractivity contribution in [1.82, 2.24) is 15.3 Å². The van der Waals surface area contributed by atoms with Crippen LogP contribution >= 0.6 is 11.8 Å². The number of nitrogens with zero attached hydrogens (tertiary/aromatic N) is 2. The van der Waals surface area contributed by atoms with Gasteiger partial charge in [0.05, 0.1) is 23.9 Å². The van der Waals surface area contributed by atoms with E-state index in [9.17, 15) is 9.59 Å². The van der Waals surface area contributed by atoms with E-state index < -0.39 is 0 Å². The van der Waals surface area contributed by atoms with E-state index in [1.807, 2.05) is 67.8 Å².